The lowest BCUT2D eigenvalue weighted by atomic mass is 10.1. The predicted octanol–water partition coefficient (Wildman–Crippen LogP) is 4.44. The number of aryl methyl sites for hydroxylation is 1. The fraction of sp³-hybridized carbons (Fsp3) is 0.154. The molecule has 1 aromatic carbocycles. The first-order valence-electron chi connectivity index (χ1n) is 5.30. The van der Waals surface area contributed by atoms with Crippen molar-refractivity contribution in [2.45, 2.75) is 13.1 Å². The first-order chi connectivity index (χ1) is 8.79. The van der Waals surface area contributed by atoms with Gasteiger partial charge < -0.3 is 5.11 Å². The van der Waals surface area contributed by atoms with E-state index >= 15 is 0 Å². The number of rotatable bonds is 2. The van der Waals surface area contributed by atoms with Gasteiger partial charge in [-0.15, -0.1) is 11.3 Å². The lowest BCUT2D eigenvalue weighted by Crippen LogP contribution is -2.04. The van der Waals surface area contributed by atoms with Crippen LogP contribution in [0.3, 0.4) is 0 Å². The van der Waals surface area contributed by atoms with Crippen LogP contribution in [0, 0.1) is 6.92 Å². The van der Waals surface area contributed by atoms with Crippen LogP contribution in [-0.4, -0.2) is 11.1 Å². The third kappa shape index (κ3) is 2.78. The highest BCUT2D eigenvalue weighted by atomic mass is 32.1. The van der Waals surface area contributed by atoms with Gasteiger partial charge in [-0.05, 0) is 36.2 Å². The predicted molar refractivity (Wildman–Crippen MR) is 66.5 cm³/mol. The van der Waals surface area contributed by atoms with E-state index in [2.05, 4.69) is 0 Å². The minimum atomic E-state index is -4.41. The molecule has 19 heavy (non-hydrogen) atoms. The lowest BCUT2D eigenvalue weighted by molar-refractivity contribution is -0.137. The number of hydrogen-bond acceptors (Lipinski definition) is 2. The fourth-order valence-corrected chi connectivity index (χ4v) is 2.72. The molecule has 2 nitrogen and oxygen atoms in total. The maximum absolute atomic E-state index is 12.6. The van der Waals surface area contributed by atoms with Crippen LogP contribution in [0.4, 0.5) is 13.2 Å². The summed E-state index contributed by atoms with van der Waals surface area (Å²) in [5.41, 5.74) is 0.293. The lowest BCUT2D eigenvalue weighted by Gasteiger charge is -2.08. The quantitative estimate of drug-likeness (QED) is 0.886. The van der Waals surface area contributed by atoms with Crippen molar-refractivity contribution in [3.8, 4) is 10.4 Å². The molecule has 0 bridgehead atoms. The highest BCUT2D eigenvalue weighted by Crippen LogP contribution is 2.36. The van der Waals surface area contributed by atoms with E-state index in [-0.39, 0.29) is 4.88 Å². The minimum Gasteiger partial charge on any atom is -0.477 e. The van der Waals surface area contributed by atoms with Gasteiger partial charge in [-0.3, -0.25) is 0 Å². The van der Waals surface area contributed by atoms with Crippen LogP contribution >= 0.6 is 11.3 Å². The summed E-state index contributed by atoms with van der Waals surface area (Å²) in [4.78, 5) is 11.5. The van der Waals surface area contributed by atoms with Crippen LogP contribution in [0.1, 0.15) is 20.8 Å². The van der Waals surface area contributed by atoms with E-state index in [9.17, 15) is 18.0 Å². The van der Waals surface area contributed by atoms with Crippen molar-refractivity contribution in [1.29, 1.82) is 0 Å². The smallest absolute Gasteiger partial charge is 0.416 e. The van der Waals surface area contributed by atoms with Crippen molar-refractivity contribution in [1.82, 2.24) is 0 Å². The Balaban J connectivity index is 2.50. The standard InChI is InChI=1S/C13H9F3O2S/c1-7-5-10(12(17)18)19-11(7)8-3-2-4-9(6-8)13(14,15)16/h2-6H,1H3,(H,17,18). The maximum atomic E-state index is 12.6. The summed E-state index contributed by atoms with van der Waals surface area (Å²) in [6, 6.07) is 6.34. The third-order valence-electron chi connectivity index (χ3n) is 2.58. The minimum absolute atomic E-state index is 0.116. The van der Waals surface area contributed by atoms with Crippen LogP contribution in [0.15, 0.2) is 30.3 Å². The average molecular weight is 286 g/mol. The molecule has 0 amide bonds. The topological polar surface area (TPSA) is 37.3 Å². The number of carboxylic acids is 1. The first kappa shape index (κ1) is 13.6. The van der Waals surface area contributed by atoms with E-state index in [1.807, 2.05) is 0 Å². The Bertz CT molecular complexity index is 629. The fourth-order valence-electron chi connectivity index (χ4n) is 1.71. The molecule has 2 rings (SSSR count). The normalized spacial score (nSPS) is 11.6. The Morgan fingerprint density at radius 3 is 2.47 bits per heavy atom. The zero-order chi connectivity index (χ0) is 14.2. The van der Waals surface area contributed by atoms with Crippen LogP contribution in [-0.2, 0) is 6.18 Å². The summed E-state index contributed by atoms with van der Waals surface area (Å²) in [6.45, 7) is 1.68. The van der Waals surface area contributed by atoms with Crippen LogP contribution in [0.5, 0.6) is 0 Å². The molecular weight excluding hydrogens is 277 g/mol. The highest BCUT2D eigenvalue weighted by Gasteiger charge is 2.30. The van der Waals surface area contributed by atoms with E-state index in [4.69, 9.17) is 5.11 Å². The summed E-state index contributed by atoms with van der Waals surface area (Å²) >= 11 is 0.973. The van der Waals surface area contributed by atoms with Gasteiger partial charge in [-0.1, -0.05) is 12.1 Å². The molecule has 2 aromatic rings. The summed E-state index contributed by atoms with van der Waals surface area (Å²) in [6.07, 6.45) is -4.41. The molecule has 0 fully saturated rings. The zero-order valence-electron chi connectivity index (χ0n) is 9.78. The van der Waals surface area contributed by atoms with Gasteiger partial charge in [0, 0.05) is 4.88 Å². The number of alkyl halides is 3. The van der Waals surface area contributed by atoms with E-state index in [0.29, 0.717) is 16.0 Å². The van der Waals surface area contributed by atoms with Crippen molar-refractivity contribution in [3.63, 3.8) is 0 Å². The first-order valence-corrected chi connectivity index (χ1v) is 6.12. The Hall–Kier alpha value is -1.82. The SMILES string of the molecule is Cc1cc(C(=O)O)sc1-c1cccc(C(F)(F)F)c1. The van der Waals surface area contributed by atoms with Crippen molar-refractivity contribution in [2.24, 2.45) is 0 Å². The molecule has 0 saturated heterocycles. The largest absolute Gasteiger partial charge is 0.477 e. The summed E-state index contributed by atoms with van der Waals surface area (Å²) < 4.78 is 37.9. The maximum Gasteiger partial charge on any atom is 0.416 e. The molecule has 1 aromatic heterocycles. The van der Waals surface area contributed by atoms with E-state index in [1.54, 1.807) is 13.0 Å². The molecule has 1 N–H and O–H groups in total. The van der Waals surface area contributed by atoms with Gasteiger partial charge in [-0.25, -0.2) is 4.79 Å². The zero-order valence-corrected chi connectivity index (χ0v) is 10.6. The number of hydrogen-bond donors (Lipinski definition) is 1. The Labute approximate surface area is 111 Å². The second-order valence-corrected chi connectivity index (χ2v) is 5.06. The van der Waals surface area contributed by atoms with Gasteiger partial charge in [0.1, 0.15) is 4.88 Å². The Kier molecular flexibility index (Phi) is 3.36. The van der Waals surface area contributed by atoms with E-state index < -0.39 is 17.7 Å². The van der Waals surface area contributed by atoms with E-state index in [1.165, 1.54) is 12.1 Å². The third-order valence-corrected chi connectivity index (χ3v) is 3.85. The molecule has 0 atom stereocenters. The molecule has 0 aliphatic carbocycles. The summed E-state index contributed by atoms with van der Waals surface area (Å²) in [5.74, 6) is -1.08. The molecule has 0 saturated carbocycles. The van der Waals surface area contributed by atoms with Gasteiger partial charge in [0.25, 0.3) is 0 Å². The Morgan fingerprint density at radius 1 is 1.26 bits per heavy atom. The van der Waals surface area contributed by atoms with Crippen molar-refractivity contribution in [2.75, 3.05) is 0 Å². The van der Waals surface area contributed by atoms with Gasteiger partial charge in [0.15, 0.2) is 0 Å². The average Bonchev–Trinajstić information content (AvgIpc) is 2.71. The second kappa shape index (κ2) is 4.70. The van der Waals surface area contributed by atoms with Gasteiger partial charge in [0.05, 0.1) is 5.56 Å². The van der Waals surface area contributed by atoms with Crippen LogP contribution < -0.4 is 0 Å². The van der Waals surface area contributed by atoms with Crippen LogP contribution in [0.25, 0.3) is 10.4 Å². The Morgan fingerprint density at radius 2 is 1.95 bits per heavy atom. The van der Waals surface area contributed by atoms with Gasteiger partial charge in [0.2, 0.25) is 0 Å². The number of thiophene rings is 1. The molecule has 0 aliphatic rings. The van der Waals surface area contributed by atoms with Gasteiger partial charge >= 0.3 is 12.1 Å². The molecule has 0 spiro atoms. The van der Waals surface area contributed by atoms with Crippen LogP contribution in [0.2, 0.25) is 0 Å². The molecule has 6 heteroatoms. The molecule has 0 unspecified atom stereocenters. The number of carbonyl (C=O) groups is 1. The van der Waals surface area contributed by atoms with Crippen molar-refractivity contribution in [3.05, 3.63) is 46.3 Å². The monoisotopic (exact) mass is 286 g/mol. The number of halogens is 3. The van der Waals surface area contributed by atoms with Crippen molar-refractivity contribution >= 4 is 17.3 Å². The molecule has 1 heterocycles. The highest BCUT2D eigenvalue weighted by molar-refractivity contribution is 7.17. The van der Waals surface area contributed by atoms with Crippen molar-refractivity contribution < 1.29 is 23.1 Å². The number of aromatic carboxylic acids is 1. The van der Waals surface area contributed by atoms with E-state index in [0.717, 1.165) is 23.5 Å². The molecule has 0 aliphatic heterocycles. The summed E-state index contributed by atoms with van der Waals surface area (Å²) in [7, 11) is 0. The molecular formula is C13H9F3O2S. The molecule has 100 valence electrons. The second-order valence-electron chi connectivity index (χ2n) is 4.01. The summed E-state index contributed by atoms with van der Waals surface area (Å²) in [5, 5.41) is 8.88. The molecule has 0 radical (unpaired) electrons. The number of carboxylic acid groups (broad SMARTS) is 1. The van der Waals surface area contributed by atoms with Gasteiger partial charge in [-0.2, -0.15) is 13.2 Å². The number of benzene rings is 1.